The molecule has 0 atom stereocenters. The number of carbonyl (C=O) groups excluding carboxylic acids is 1. The summed E-state index contributed by atoms with van der Waals surface area (Å²) in [5.74, 6) is 0.421. The highest BCUT2D eigenvalue weighted by atomic mass is 19.4. The van der Waals surface area contributed by atoms with E-state index in [4.69, 9.17) is 4.74 Å². The molecule has 0 aromatic heterocycles. The molecule has 0 bridgehead atoms. The molecule has 34 heavy (non-hydrogen) atoms. The van der Waals surface area contributed by atoms with Crippen LogP contribution in [0.3, 0.4) is 0 Å². The van der Waals surface area contributed by atoms with Gasteiger partial charge in [0.1, 0.15) is 12.4 Å². The molecule has 0 unspecified atom stereocenters. The zero-order valence-electron chi connectivity index (χ0n) is 20.2. The summed E-state index contributed by atoms with van der Waals surface area (Å²) < 4.78 is 45.7. The third-order valence-corrected chi connectivity index (χ3v) is 5.35. The highest BCUT2D eigenvalue weighted by molar-refractivity contribution is 6.02. The summed E-state index contributed by atoms with van der Waals surface area (Å²) in [6.45, 7) is 9.59. The molecule has 180 valence electrons. The monoisotopic (exact) mass is 469 g/mol. The number of ether oxygens (including phenoxy) is 1. The van der Waals surface area contributed by atoms with Crippen molar-refractivity contribution in [2.24, 2.45) is 5.41 Å². The van der Waals surface area contributed by atoms with Gasteiger partial charge < -0.3 is 4.74 Å². The SMILES string of the molecule is Cc1cc(OCc2ccccc2C(F)(F)F)cc(C)c1N(C(=O)CC(C)(C)C)c1ccccc1. The topological polar surface area (TPSA) is 29.5 Å². The third kappa shape index (κ3) is 6.19. The molecule has 3 nitrogen and oxygen atoms in total. The van der Waals surface area contributed by atoms with Gasteiger partial charge >= 0.3 is 6.18 Å². The smallest absolute Gasteiger partial charge is 0.416 e. The highest BCUT2D eigenvalue weighted by Gasteiger charge is 2.33. The molecule has 0 radical (unpaired) electrons. The lowest BCUT2D eigenvalue weighted by Crippen LogP contribution is -2.30. The molecule has 0 saturated heterocycles. The fourth-order valence-electron chi connectivity index (χ4n) is 3.94. The molecule has 0 aliphatic carbocycles. The summed E-state index contributed by atoms with van der Waals surface area (Å²) >= 11 is 0. The Bertz CT molecular complexity index is 1130. The van der Waals surface area contributed by atoms with Crippen LogP contribution in [0.5, 0.6) is 5.75 Å². The van der Waals surface area contributed by atoms with Crippen LogP contribution >= 0.6 is 0 Å². The second kappa shape index (κ2) is 9.92. The normalized spacial score (nSPS) is 11.9. The van der Waals surface area contributed by atoms with Crippen molar-refractivity contribution < 1.29 is 22.7 Å². The van der Waals surface area contributed by atoms with E-state index in [9.17, 15) is 18.0 Å². The fourth-order valence-corrected chi connectivity index (χ4v) is 3.94. The van der Waals surface area contributed by atoms with E-state index < -0.39 is 11.7 Å². The van der Waals surface area contributed by atoms with E-state index in [1.54, 1.807) is 23.1 Å². The van der Waals surface area contributed by atoms with E-state index in [0.29, 0.717) is 12.2 Å². The Morgan fingerprint density at radius 2 is 1.44 bits per heavy atom. The number of anilines is 2. The highest BCUT2D eigenvalue weighted by Crippen LogP contribution is 2.37. The summed E-state index contributed by atoms with van der Waals surface area (Å²) in [4.78, 5) is 15.1. The van der Waals surface area contributed by atoms with Gasteiger partial charge in [-0.1, -0.05) is 57.2 Å². The first-order valence-electron chi connectivity index (χ1n) is 11.1. The minimum atomic E-state index is -4.45. The van der Waals surface area contributed by atoms with Crippen LogP contribution in [0.15, 0.2) is 66.7 Å². The largest absolute Gasteiger partial charge is 0.489 e. The molecule has 0 aliphatic rings. The van der Waals surface area contributed by atoms with Gasteiger partial charge in [-0.15, -0.1) is 0 Å². The maximum absolute atomic E-state index is 13.4. The number of hydrogen-bond donors (Lipinski definition) is 0. The Morgan fingerprint density at radius 1 is 0.882 bits per heavy atom. The van der Waals surface area contributed by atoms with E-state index in [1.807, 2.05) is 65.0 Å². The number of para-hydroxylation sites is 1. The standard InChI is InChI=1S/C28H30F3NO2/c1-19-15-23(34-18-21-11-9-10-14-24(21)28(29,30)31)16-20(2)26(19)32(22-12-7-6-8-13-22)25(33)17-27(3,4)5/h6-16H,17-18H2,1-5H3. The molecular formula is C28H30F3NO2. The first-order chi connectivity index (χ1) is 15.9. The zero-order chi connectivity index (χ0) is 25.1. The number of amides is 1. The number of halogens is 3. The van der Waals surface area contributed by atoms with Gasteiger partial charge in [0.25, 0.3) is 0 Å². The van der Waals surface area contributed by atoms with Crippen molar-refractivity contribution >= 4 is 17.3 Å². The fraction of sp³-hybridized carbons (Fsp3) is 0.321. The number of rotatable bonds is 6. The van der Waals surface area contributed by atoms with Crippen molar-refractivity contribution in [3.63, 3.8) is 0 Å². The zero-order valence-corrected chi connectivity index (χ0v) is 20.2. The summed E-state index contributed by atoms with van der Waals surface area (Å²) in [5.41, 5.74) is 2.28. The Morgan fingerprint density at radius 3 is 2.00 bits per heavy atom. The third-order valence-electron chi connectivity index (χ3n) is 5.35. The number of nitrogens with zero attached hydrogens (tertiary/aromatic N) is 1. The van der Waals surface area contributed by atoms with Crippen LogP contribution in [0.1, 0.15) is 49.4 Å². The summed E-state index contributed by atoms with van der Waals surface area (Å²) in [5, 5.41) is 0. The van der Waals surface area contributed by atoms with Crippen molar-refractivity contribution in [2.45, 2.75) is 53.8 Å². The van der Waals surface area contributed by atoms with Gasteiger partial charge in [0.15, 0.2) is 0 Å². The van der Waals surface area contributed by atoms with Crippen LogP contribution < -0.4 is 9.64 Å². The van der Waals surface area contributed by atoms with Crippen molar-refractivity contribution in [1.29, 1.82) is 0 Å². The minimum absolute atomic E-state index is 0.0299. The van der Waals surface area contributed by atoms with Crippen molar-refractivity contribution in [3.05, 3.63) is 89.0 Å². The average molecular weight is 470 g/mol. The number of aryl methyl sites for hydroxylation is 2. The molecule has 1 amide bonds. The van der Waals surface area contributed by atoms with Crippen LogP contribution in [0, 0.1) is 19.3 Å². The van der Waals surface area contributed by atoms with E-state index in [1.165, 1.54) is 12.1 Å². The molecule has 0 aliphatic heterocycles. The lowest BCUT2D eigenvalue weighted by molar-refractivity contribution is -0.138. The summed E-state index contributed by atoms with van der Waals surface area (Å²) in [6.07, 6.45) is -4.09. The number of hydrogen-bond acceptors (Lipinski definition) is 2. The van der Waals surface area contributed by atoms with Gasteiger partial charge in [0.05, 0.1) is 11.3 Å². The molecule has 3 aromatic carbocycles. The Hall–Kier alpha value is -3.28. The van der Waals surface area contributed by atoms with Gasteiger partial charge in [-0.2, -0.15) is 13.2 Å². The van der Waals surface area contributed by atoms with Crippen LogP contribution in [0.4, 0.5) is 24.5 Å². The van der Waals surface area contributed by atoms with Crippen molar-refractivity contribution in [3.8, 4) is 5.75 Å². The Labute approximate surface area is 199 Å². The number of carbonyl (C=O) groups is 1. The van der Waals surface area contributed by atoms with Gasteiger partial charge in [0.2, 0.25) is 5.91 Å². The molecule has 3 aromatic rings. The molecule has 0 N–H and O–H groups in total. The maximum Gasteiger partial charge on any atom is 0.416 e. The van der Waals surface area contributed by atoms with Gasteiger partial charge in [-0.25, -0.2) is 0 Å². The van der Waals surface area contributed by atoms with E-state index >= 15 is 0 Å². The van der Waals surface area contributed by atoms with Crippen molar-refractivity contribution in [1.82, 2.24) is 0 Å². The summed E-state index contributed by atoms with van der Waals surface area (Å²) in [6, 6.07) is 18.4. The van der Waals surface area contributed by atoms with E-state index in [2.05, 4.69) is 0 Å². The van der Waals surface area contributed by atoms with Crippen molar-refractivity contribution in [2.75, 3.05) is 4.90 Å². The van der Waals surface area contributed by atoms with Gasteiger partial charge in [0, 0.05) is 17.7 Å². The van der Waals surface area contributed by atoms with Crippen LogP contribution in [-0.2, 0) is 17.6 Å². The number of alkyl halides is 3. The van der Waals surface area contributed by atoms with E-state index in [-0.39, 0.29) is 23.5 Å². The Kier molecular flexibility index (Phi) is 7.39. The Balaban J connectivity index is 1.94. The predicted molar refractivity (Wildman–Crippen MR) is 129 cm³/mol. The first kappa shape index (κ1) is 25.3. The van der Waals surface area contributed by atoms with Crippen LogP contribution in [-0.4, -0.2) is 5.91 Å². The molecule has 0 fully saturated rings. The average Bonchev–Trinajstić information content (AvgIpc) is 2.73. The lowest BCUT2D eigenvalue weighted by Gasteiger charge is -2.30. The second-order valence-electron chi connectivity index (χ2n) is 9.65. The van der Waals surface area contributed by atoms with E-state index in [0.717, 1.165) is 28.6 Å². The minimum Gasteiger partial charge on any atom is -0.489 e. The quantitative estimate of drug-likeness (QED) is 0.366. The lowest BCUT2D eigenvalue weighted by atomic mass is 9.91. The second-order valence-corrected chi connectivity index (χ2v) is 9.65. The van der Waals surface area contributed by atoms with Crippen LogP contribution in [0.25, 0.3) is 0 Å². The first-order valence-corrected chi connectivity index (χ1v) is 11.1. The van der Waals surface area contributed by atoms with Gasteiger partial charge in [-0.05, 0) is 60.7 Å². The maximum atomic E-state index is 13.4. The summed E-state index contributed by atoms with van der Waals surface area (Å²) in [7, 11) is 0. The molecule has 0 saturated carbocycles. The molecule has 0 spiro atoms. The van der Waals surface area contributed by atoms with Crippen LogP contribution in [0.2, 0.25) is 0 Å². The van der Waals surface area contributed by atoms with Gasteiger partial charge in [-0.3, -0.25) is 9.69 Å². The predicted octanol–water partition coefficient (Wildman–Crippen LogP) is 8.00. The molecular weight excluding hydrogens is 439 g/mol. The molecule has 3 rings (SSSR count). The number of benzene rings is 3. The molecule has 6 heteroatoms. The molecule has 0 heterocycles.